The van der Waals surface area contributed by atoms with E-state index in [1.807, 2.05) is 36.4 Å². The van der Waals surface area contributed by atoms with Gasteiger partial charge in [0, 0.05) is 45.4 Å². The van der Waals surface area contributed by atoms with Crippen LogP contribution in [0.5, 0.6) is 5.75 Å². The van der Waals surface area contributed by atoms with Crippen LogP contribution in [0.4, 0.5) is 14.6 Å². The fraction of sp³-hybridized carbons (Fsp3) is 0.346. The molecule has 3 atom stereocenters. The highest BCUT2D eigenvalue weighted by molar-refractivity contribution is 7.99. The number of anilines is 1. The Morgan fingerprint density at radius 1 is 1.12 bits per heavy atom. The molecule has 0 spiro atoms. The van der Waals surface area contributed by atoms with Crippen LogP contribution < -0.4 is 10.5 Å². The van der Waals surface area contributed by atoms with Crippen LogP contribution in [0.1, 0.15) is 24.0 Å². The van der Waals surface area contributed by atoms with Gasteiger partial charge in [-0.05, 0) is 61.2 Å². The minimum atomic E-state index is -0.644. The second-order valence-electron chi connectivity index (χ2n) is 8.79. The maximum Gasteiger partial charge on any atom is 0.165 e. The molecule has 178 valence electrons. The maximum absolute atomic E-state index is 15.3. The summed E-state index contributed by atoms with van der Waals surface area (Å²) in [6.07, 6.45) is 3.35. The number of nitrogens with two attached hydrogens (primary N) is 1. The van der Waals surface area contributed by atoms with Crippen LogP contribution in [0.25, 0.3) is 0 Å². The number of rotatable bonds is 6. The van der Waals surface area contributed by atoms with Gasteiger partial charge in [-0.15, -0.1) is 11.8 Å². The minimum Gasteiger partial charge on any atom is -0.490 e. The molecule has 4 nitrogen and oxygen atoms in total. The first kappa shape index (κ1) is 23.4. The Morgan fingerprint density at radius 3 is 2.71 bits per heavy atom. The van der Waals surface area contributed by atoms with Gasteiger partial charge in [0.15, 0.2) is 11.6 Å². The lowest BCUT2D eigenvalue weighted by molar-refractivity contribution is -0.0961. The number of thioether (sulfide) groups is 1. The SMILES string of the molecule is Nc1ncccc1SCC[C@@H]1OCC[C@@]2(Cc3ccc(Cl)cc3)c3c(F)ccc(F)c3OC[C@@H]12. The van der Waals surface area contributed by atoms with Crippen LogP contribution in [-0.2, 0) is 16.6 Å². The summed E-state index contributed by atoms with van der Waals surface area (Å²) in [7, 11) is 0. The van der Waals surface area contributed by atoms with Gasteiger partial charge in [0.25, 0.3) is 0 Å². The quantitative estimate of drug-likeness (QED) is 0.415. The van der Waals surface area contributed by atoms with E-state index in [0.717, 1.165) is 28.7 Å². The molecular formula is C26H25ClF2N2O2S. The van der Waals surface area contributed by atoms with Crippen LogP contribution in [0, 0.1) is 17.6 Å². The molecule has 5 rings (SSSR count). The third kappa shape index (κ3) is 4.37. The number of nitrogens with zero attached hydrogens (tertiary/aromatic N) is 1. The predicted molar refractivity (Wildman–Crippen MR) is 131 cm³/mol. The van der Waals surface area contributed by atoms with E-state index in [-0.39, 0.29) is 24.4 Å². The lowest BCUT2D eigenvalue weighted by Crippen LogP contribution is -2.55. The smallest absolute Gasteiger partial charge is 0.165 e. The Bertz CT molecular complexity index is 1180. The molecule has 0 bridgehead atoms. The van der Waals surface area contributed by atoms with Crippen molar-refractivity contribution in [2.75, 3.05) is 24.7 Å². The van der Waals surface area contributed by atoms with Crippen LogP contribution in [0.15, 0.2) is 59.6 Å². The van der Waals surface area contributed by atoms with E-state index < -0.39 is 17.0 Å². The van der Waals surface area contributed by atoms with Crippen LogP contribution in [0.2, 0.25) is 5.02 Å². The monoisotopic (exact) mass is 502 g/mol. The predicted octanol–water partition coefficient (Wildman–Crippen LogP) is 6.06. The lowest BCUT2D eigenvalue weighted by Gasteiger charge is -2.51. The lowest BCUT2D eigenvalue weighted by atomic mass is 9.60. The van der Waals surface area contributed by atoms with Crippen molar-refractivity contribution in [3.05, 3.63) is 82.5 Å². The number of halogens is 3. The van der Waals surface area contributed by atoms with Crippen LogP contribution in [0.3, 0.4) is 0 Å². The summed E-state index contributed by atoms with van der Waals surface area (Å²) in [5, 5.41) is 0.638. The van der Waals surface area contributed by atoms with Crippen molar-refractivity contribution >= 4 is 29.2 Å². The molecule has 2 aromatic carbocycles. The summed E-state index contributed by atoms with van der Waals surface area (Å²) in [5.41, 5.74) is 6.68. The second kappa shape index (κ2) is 9.72. The van der Waals surface area contributed by atoms with E-state index in [9.17, 15) is 4.39 Å². The van der Waals surface area contributed by atoms with E-state index >= 15 is 4.39 Å². The van der Waals surface area contributed by atoms with Gasteiger partial charge >= 0.3 is 0 Å². The number of fused-ring (bicyclic) bond motifs is 3. The average molecular weight is 503 g/mol. The van der Waals surface area contributed by atoms with Crippen LogP contribution >= 0.6 is 23.4 Å². The highest BCUT2D eigenvalue weighted by Gasteiger charge is 2.53. The Kier molecular flexibility index (Phi) is 6.69. The molecule has 3 heterocycles. The van der Waals surface area contributed by atoms with Gasteiger partial charge in [-0.3, -0.25) is 0 Å². The number of pyridine rings is 1. The largest absolute Gasteiger partial charge is 0.490 e. The average Bonchev–Trinajstić information content (AvgIpc) is 2.83. The molecule has 0 aliphatic carbocycles. The van der Waals surface area contributed by atoms with Crippen molar-refractivity contribution in [3.63, 3.8) is 0 Å². The van der Waals surface area contributed by atoms with Crippen molar-refractivity contribution in [1.29, 1.82) is 0 Å². The number of hydrogen-bond acceptors (Lipinski definition) is 5. The Hall–Kier alpha value is -2.35. The number of hydrogen-bond donors (Lipinski definition) is 1. The van der Waals surface area contributed by atoms with E-state index in [0.29, 0.717) is 35.9 Å². The standard InChI is InChI=1S/C26H25ClF2N2O2S/c27-17-5-3-16(4-6-17)14-26-10-12-32-21(9-13-34-22-2-1-11-31-25(22)30)18(26)15-33-24-20(29)8-7-19(28)23(24)26/h1-8,11,18,21H,9-10,12-15H2,(H2,30,31)/t18-,21-,26-/m0/s1. The Labute approximate surface area is 206 Å². The fourth-order valence-corrected chi connectivity index (χ4v) is 6.38. The zero-order valence-corrected chi connectivity index (χ0v) is 20.0. The second-order valence-corrected chi connectivity index (χ2v) is 10.4. The molecule has 3 aromatic rings. The van der Waals surface area contributed by atoms with Gasteiger partial charge in [-0.2, -0.15) is 0 Å². The zero-order valence-electron chi connectivity index (χ0n) is 18.5. The fourth-order valence-electron chi connectivity index (χ4n) is 5.31. The molecule has 34 heavy (non-hydrogen) atoms. The van der Waals surface area contributed by atoms with Gasteiger partial charge < -0.3 is 15.2 Å². The molecular weight excluding hydrogens is 478 g/mol. The molecule has 2 aliphatic heterocycles. The Balaban J connectivity index is 1.47. The first-order valence-corrected chi connectivity index (χ1v) is 12.6. The molecule has 1 aromatic heterocycles. The van der Waals surface area contributed by atoms with Crippen molar-refractivity contribution in [3.8, 4) is 5.75 Å². The molecule has 0 unspecified atom stereocenters. The van der Waals surface area contributed by atoms with Crippen molar-refractivity contribution in [2.45, 2.75) is 35.7 Å². The van der Waals surface area contributed by atoms with Gasteiger partial charge in [0.1, 0.15) is 11.6 Å². The minimum absolute atomic E-state index is 0.0309. The van der Waals surface area contributed by atoms with Crippen molar-refractivity contribution in [1.82, 2.24) is 4.98 Å². The number of aromatic nitrogens is 1. The highest BCUT2D eigenvalue weighted by atomic mass is 35.5. The molecule has 1 saturated heterocycles. The van der Waals surface area contributed by atoms with Crippen molar-refractivity contribution in [2.24, 2.45) is 5.92 Å². The molecule has 0 amide bonds. The number of ether oxygens (including phenoxy) is 2. The summed E-state index contributed by atoms with van der Waals surface area (Å²) in [4.78, 5) is 5.06. The van der Waals surface area contributed by atoms with Crippen LogP contribution in [-0.4, -0.2) is 30.1 Å². The molecule has 0 saturated carbocycles. The zero-order chi connectivity index (χ0) is 23.7. The van der Waals surface area contributed by atoms with E-state index in [1.54, 1.807) is 18.0 Å². The molecule has 2 aliphatic rings. The molecule has 8 heteroatoms. The summed E-state index contributed by atoms with van der Waals surface area (Å²) >= 11 is 7.71. The van der Waals surface area contributed by atoms with Gasteiger partial charge in [-0.1, -0.05) is 23.7 Å². The molecule has 2 N–H and O–H groups in total. The van der Waals surface area contributed by atoms with Gasteiger partial charge in [0.2, 0.25) is 0 Å². The summed E-state index contributed by atoms with van der Waals surface area (Å²) in [5.74, 6) is 0.189. The first-order chi connectivity index (χ1) is 16.5. The third-order valence-corrected chi connectivity index (χ3v) is 8.24. The van der Waals surface area contributed by atoms with Gasteiger partial charge in [0.05, 0.1) is 12.7 Å². The van der Waals surface area contributed by atoms with Crippen molar-refractivity contribution < 1.29 is 18.3 Å². The Morgan fingerprint density at radius 2 is 1.91 bits per heavy atom. The topological polar surface area (TPSA) is 57.4 Å². The first-order valence-electron chi connectivity index (χ1n) is 11.3. The maximum atomic E-state index is 15.3. The third-order valence-electron chi connectivity index (χ3n) is 6.90. The molecule has 0 radical (unpaired) electrons. The normalized spacial score (nSPS) is 23.6. The van der Waals surface area contributed by atoms with Gasteiger partial charge in [-0.25, -0.2) is 13.8 Å². The molecule has 1 fully saturated rings. The summed E-state index contributed by atoms with van der Waals surface area (Å²) in [6.45, 7) is 0.731. The van der Waals surface area contributed by atoms with E-state index in [4.69, 9.17) is 26.8 Å². The summed E-state index contributed by atoms with van der Waals surface area (Å²) in [6, 6.07) is 13.7. The summed E-state index contributed by atoms with van der Waals surface area (Å²) < 4.78 is 42.1. The number of benzene rings is 2. The number of nitrogen functional groups attached to an aromatic ring is 1. The highest BCUT2D eigenvalue weighted by Crippen LogP contribution is 2.53. The van der Waals surface area contributed by atoms with E-state index in [1.165, 1.54) is 6.07 Å². The van der Waals surface area contributed by atoms with E-state index in [2.05, 4.69) is 4.98 Å².